The summed E-state index contributed by atoms with van der Waals surface area (Å²) in [6, 6.07) is 0.532. The maximum absolute atomic E-state index is 10.3. The second-order valence-corrected chi connectivity index (χ2v) is 6.89. The predicted octanol–water partition coefficient (Wildman–Crippen LogP) is 3.10. The fourth-order valence-corrected chi connectivity index (χ4v) is 4.01. The van der Waals surface area contributed by atoms with Crippen molar-refractivity contribution in [3.63, 3.8) is 0 Å². The predicted molar refractivity (Wildman–Crippen MR) is 88.5 cm³/mol. The van der Waals surface area contributed by atoms with Crippen LogP contribution in [0.25, 0.3) is 0 Å². The van der Waals surface area contributed by atoms with Crippen LogP contribution in [-0.4, -0.2) is 27.5 Å². The average molecular weight is 303 g/mol. The quantitative estimate of drug-likeness (QED) is 0.822. The van der Waals surface area contributed by atoms with E-state index >= 15 is 0 Å². The van der Waals surface area contributed by atoms with Gasteiger partial charge in [0.1, 0.15) is 0 Å². The lowest BCUT2D eigenvalue weighted by Gasteiger charge is -2.36. The third kappa shape index (κ3) is 3.79. The Bertz CT molecular complexity index is 508. The van der Waals surface area contributed by atoms with Gasteiger partial charge in [0.2, 0.25) is 0 Å². The van der Waals surface area contributed by atoms with Crippen molar-refractivity contribution in [2.45, 2.75) is 63.5 Å². The Kier molecular flexibility index (Phi) is 5.32. The van der Waals surface area contributed by atoms with Gasteiger partial charge in [-0.1, -0.05) is 24.5 Å². The molecule has 0 radical (unpaired) electrons. The van der Waals surface area contributed by atoms with E-state index in [1.54, 1.807) is 16.5 Å². The largest absolute Gasteiger partial charge is 0.387 e. The summed E-state index contributed by atoms with van der Waals surface area (Å²) in [5, 5.41) is 18.1. The van der Waals surface area contributed by atoms with Crippen LogP contribution in [0.1, 0.15) is 63.0 Å². The van der Waals surface area contributed by atoms with Crippen LogP contribution < -0.4 is 5.32 Å². The van der Waals surface area contributed by atoms with Crippen LogP contribution in [-0.2, 0) is 7.05 Å². The molecule has 3 rings (SSSR count). The molecule has 122 valence electrons. The van der Waals surface area contributed by atoms with Crippen LogP contribution >= 0.6 is 0 Å². The smallest absolute Gasteiger partial charge is 0.0944 e. The van der Waals surface area contributed by atoms with Gasteiger partial charge in [-0.05, 0) is 44.4 Å². The molecule has 0 aromatic carbocycles. The molecule has 1 saturated carbocycles. The molecule has 0 spiro atoms. The number of nitrogens with zero attached hydrogens (tertiary/aromatic N) is 2. The SMILES string of the molecule is Cn1cc([C@H](O)CN[C@@H]2CCCC[C@@H]2C2=CCCCC2)cn1. The van der Waals surface area contributed by atoms with Crippen LogP contribution in [0, 0.1) is 5.92 Å². The van der Waals surface area contributed by atoms with Crippen molar-refractivity contribution in [3.8, 4) is 0 Å². The van der Waals surface area contributed by atoms with Crippen molar-refractivity contribution in [2.24, 2.45) is 13.0 Å². The molecule has 2 aliphatic carbocycles. The zero-order chi connectivity index (χ0) is 15.4. The molecule has 3 atom stereocenters. The van der Waals surface area contributed by atoms with E-state index in [0.717, 1.165) is 5.56 Å². The number of aliphatic hydroxyl groups excluding tert-OH is 1. The first-order valence-corrected chi connectivity index (χ1v) is 8.83. The zero-order valence-electron chi connectivity index (χ0n) is 13.7. The summed E-state index contributed by atoms with van der Waals surface area (Å²) in [5.74, 6) is 0.690. The molecule has 1 aromatic rings. The fraction of sp³-hybridized carbons (Fsp3) is 0.722. The molecule has 1 heterocycles. The van der Waals surface area contributed by atoms with E-state index in [9.17, 15) is 5.11 Å². The number of allylic oxidation sites excluding steroid dienone is 1. The van der Waals surface area contributed by atoms with Gasteiger partial charge in [0, 0.05) is 31.4 Å². The summed E-state index contributed by atoms with van der Waals surface area (Å²) >= 11 is 0. The molecule has 0 unspecified atom stereocenters. The van der Waals surface area contributed by atoms with Gasteiger partial charge in [-0.15, -0.1) is 0 Å². The van der Waals surface area contributed by atoms with Crippen LogP contribution in [0.2, 0.25) is 0 Å². The van der Waals surface area contributed by atoms with E-state index < -0.39 is 6.10 Å². The number of aliphatic hydroxyl groups is 1. The number of aromatic nitrogens is 2. The molecule has 1 fully saturated rings. The van der Waals surface area contributed by atoms with Gasteiger partial charge in [-0.25, -0.2) is 0 Å². The van der Waals surface area contributed by atoms with Crippen LogP contribution in [0.3, 0.4) is 0 Å². The second kappa shape index (κ2) is 7.42. The van der Waals surface area contributed by atoms with Crippen molar-refractivity contribution in [1.29, 1.82) is 0 Å². The molecular weight excluding hydrogens is 274 g/mol. The lowest BCUT2D eigenvalue weighted by atomic mass is 9.76. The molecule has 1 aromatic heterocycles. The van der Waals surface area contributed by atoms with Gasteiger partial charge in [0.25, 0.3) is 0 Å². The Balaban J connectivity index is 1.58. The van der Waals surface area contributed by atoms with E-state index in [1.165, 1.54) is 51.4 Å². The summed E-state index contributed by atoms with van der Waals surface area (Å²) in [4.78, 5) is 0. The third-order valence-corrected chi connectivity index (χ3v) is 5.25. The first kappa shape index (κ1) is 15.8. The summed E-state index contributed by atoms with van der Waals surface area (Å²) in [6.45, 7) is 0.625. The second-order valence-electron chi connectivity index (χ2n) is 6.89. The molecule has 4 heteroatoms. The van der Waals surface area contributed by atoms with E-state index in [4.69, 9.17) is 0 Å². The number of nitrogens with one attached hydrogen (secondary N) is 1. The third-order valence-electron chi connectivity index (χ3n) is 5.25. The van der Waals surface area contributed by atoms with Gasteiger partial charge in [0.05, 0.1) is 12.3 Å². The van der Waals surface area contributed by atoms with Gasteiger partial charge in [-0.2, -0.15) is 5.10 Å². The number of rotatable bonds is 5. The molecule has 0 aliphatic heterocycles. The highest BCUT2D eigenvalue weighted by molar-refractivity contribution is 5.14. The lowest BCUT2D eigenvalue weighted by molar-refractivity contribution is 0.158. The minimum Gasteiger partial charge on any atom is -0.387 e. The van der Waals surface area contributed by atoms with Crippen LogP contribution in [0.4, 0.5) is 0 Å². The monoisotopic (exact) mass is 303 g/mol. The van der Waals surface area contributed by atoms with Crippen molar-refractivity contribution < 1.29 is 5.11 Å². The maximum atomic E-state index is 10.3. The Labute approximate surface area is 133 Å². The highest BCUT2D eigenvalue weighted by Gasteiger charge is 2.28. The number of aryl methyl sites for hydroxylation is 1. The first-order chi connectivity index (χ1) is 10.7. The lowest BCUT2D eigenvalue weighted by Crippen LogP contribution is -2.41. The number of hydrogen-bond acceptors (Lipinski definition) is 3. The normalized spacial score (nSPS) is 27.5. The fourth-order valence-electron chi connectivity index (χ4n) is 4.01. The number of hydrogen-bond donors (Lipinski definition) is 2. The molecule has 2 N–H and O–H groups in total. The molecule has 2 aliphatic rings. The standard InChI is InChI=1S/C18H29N3O/c1-21-13-15(11-20-21)18(22)12-19-17-10-6-5-9-16(17)14-7-3-2-4-8-14/h7,11,13,16-19,22H,2-6,8-10,12H2,1H3/t16-,17-,18-/m1/s1. The Morgan fingerprint density at radius 2 is 2.18 bits per heavy atom. The Morgan fingerprint density at radius 3 is 2.91 bits per heavy atom. The van der Waals surface area contributed by atoms with Crippen molar-refractivity contribution in [2.75, 3.05) is 6.54 Å². The molecule has 0 bridgehead atoms. The Hall–Kier alpha value is -1.13. The first-order valence-electron chi connectivity index (χ1n) is 8.83. The van der Waals surface area contributed by atoms with Crippen molar-refractivity contribution in [3.05, 3.63) is 29.6 Å². The zero-order valence-corrected chi connectivity index (χ0v) is 13.7. The van der Waals surface area contributed by atoms with Gasteiger partial charge < -0.3 is 10.4 Å². The minimum absolute atomic E-state index is 0.461. The molecule has 22 heavy (non-hydrogen) atoms. The Morgan fingerprint density at radius 1 is 1.32 bits per heavy atom. The highest BCUT2D eigenvalue weighted by Crippen LogP contribution is 2.35. The summed E-state index contributed by atoms with van der Waals surface area (Å²) in [5.41, 5.74) is 2.58. The maximum Gasteiger partial charge on any atom is 0.0944 e. The van der Waals surface area contributed by atoms with Gasteiger partial charge >= 0.3 is 0 Å². The summed E-state index contributed by atoms with van der Waals surface area (Å²) < 4.78 is 1.74. The van der Waals surface area contributed by atoms with Crippen molar-refractivity contribution in [1.82, 2.24) is 15.1 Å². The molecule has 0 amide bonds. The van der Waals surface area contributed by atoms with Crippen molar-refractivity contribution >= 4 is 0 Å². The molecular formula is C18H29N3O. The van der Waals surface area contributed by atoms with E-state index in [2.05, 4.69) is 16.5 Å². The van der Waals surface area contributed by atoms with E-state index in [0.29, 0.717) is 18.5 Å². The van der Waals surface area contributed by atoms with E-state index in [-0.39, 0.29) is 0 Å². The average Bonchev–Trinajstić information content (AvgIpc) is 3.00. The van der Waals surface area contributed by atoms with Gasteiger partial charge in [0.15, 0.2) is 0 Å². The minimum atomic E-state index is -0.461. The van der Waals surface area contributed by atoms with E-state index in [1.807, 2.05) is 13.2 Å². The van der Waals surface area contributed by atoms with Crippen LogP contribution in [0.15, 0.2) is 24.0 Å². The topological polar surface area (TPSA) is 50.1 Å². The molecule has 0 saturated heterocycles. The summed E-state index contributed by atoms with van der Waals surface area (Å²) in [6.07, 6.45) is 16.2. The van der Waals surface area contributed by atoms with Crippen LogP contribution in [0.5, 0.6) is 0 Å². The highest BCUT2D eigenvalue weighted by atomic mass is 16.3. The van der Waals surface area contributed by atoms with Gasteiger partial charge in [-0.3, -0.25) is 4.68 Å². The molecule has 4 nitrogen and oxygen atoms in total. The summed E-state index contributed by atoms with van der Waals surface area (Å²) in [7, 11) is 1.89.